The van der Waals surface area contributed by atoms with E-state index in [2.05, 4.69) is 9.88 Å². The topological polar surface area (TPSA) is 49.5 Å². The molecule has 0 radical (unpaired) electrons. The van der Waals surface area contributed by atoms with Gasteiger partial charge in [0.15, 0.2) is 6.39 Å². The number of nitrogens with zero attached hydrogens (tertiary/aromatic N) is 2. The lowest BCUT2D eigenvalue weighted by Crippen LogP contribution is -2.62. The molecular weight excluding hydrogens is 192 g/mol. The number of β-amino-alcohol motifs (C(OH)–C–C–N with tert-alkyl or cyclic N) is 1. The molecule has 1 saturated heterocycles. The van der Waals surface area contributed by atoms with Crippen molar-refractivity contribution < 1.29 is 9.52 Å². The summed E-state index contributed by atoms with van der Waals surface area (Å²) in [5.41, 5.74) is 0.602. The van der Waals surface area contributed by atoms with Crippen molar-refractivity contribution >= 4 is 0 Å². The number of aromatic nitrogens is 1. The lowest BCUT2D eigenvalue weighted by Gasteiger charge is -2.46. The van der Waals surface area contributed by atoms with Gasteiger partial charge in [-0.05, 0) is 25.7 Å². The Hall–Kier alpha value is -0.870. The number of aryl methyl sites for hydroxylation is 1. The van der Waals surface area contributed by atoms with Crippen LogP contribution in [0.25, 0.3) is 0 Å². The first kappa shape index (κ1) is 9.36. The standard InChI is InChI=1S/C11H16N2O2/c1-8-10(12-7-15-8)4-13-5-11(14,6-13)9-2-3-9/h7,9,14H,2-6H2,1H3. The largest absolute Gasteiger partial charge is 0.448 e. The summed E-state index contributed by atoms with van der Waals surface area (Å²) in [6, 6.07) is 0. The molecule has 0 aromatic carbocycles. The first-order chi connectivity index (χ1) is 7.17. The Morgan fingerprint density at radius 2 is 2.33 bits per heavy atom. The van der Waals surface area contributed by atoms with Gasteiger partial charge < -0.3 is 9.52 Å². The SMILES string of the molecule is Cc1ocnc1CN1CC(O)(C2CC2)C1. The number of likely N-dealkylation sites (tertiary alicyclic amines) is 1. The predicted octanol–water partition coefficient (Wildman–Crippen LogP) is 0.940. The lowest BCUT2D eigenvalue weighted by atomic mass is 9.88. The molecule has 0 amide bonds. The number of rotatable bonds is 3. The van der Waals surface area contributed by atoms with Gasteiger partial charge >= 0.3 is 0 Å². The van der Waals surface area contributed by atoms with Crippen molar-refractivity contribution in [3.63, 3.8) is 0 Å². The van der Waals surface area contributed by atoms with E-state index in [4.69, 9.17) is 4.42 Å². The summed E-state index contributed by atoms with van der Waals surface area (Å²) in [5.74, 6) is 1.45. The third-order valence-corrected chi connectivity index (χ3v) is 3.55. The molecule has 0 atom stereocenters. The summed E-state index contributed by atoms with van der Waals surface area (Å²) in [7, 11) is 0. The maximum atomic E-state index is 10.1. The van der Waals surface area contributed by atoms with Crippen LogP contribution in [-0.2, 0) is 6.54 Å². The molecule has 15 heavy (non-hydrogen) atoms. The maximum absolute atomic E-state index is 10.1. The molecule has 1 aliphatic heterocycles. The smallest absolute Gasteiger partial charge is 0.181 e. The zero-order chi connectivity index (χ0) is 10.5. The molecule has 4 nitrogen and oxygen atoms in total. The molecular formula is C11H16N2O2. The second-order valence-electron chi connectivity index (χ2n) is 4.88. The van der Waals surface area contributed by atoms with Crippen LogP contribution in [0.1, 0.15) is 24.3 Å². The molecule has 1 aliphatic carbocycles. The molecule has 4 heteroatoms. The second-order valence-corrected chi connectivity index (χ2v) is 4.88. The van der Waals surface area contributed by atoms with E-state index in [1.165, 1.54) is 19.2 Å². The minimum atomic E-state index is -0.391. The summed E-state index contributed by atoms with van der Waals surface area (Å²) >= 11 is 0. The summed E-state index contributed by atoms with van der Waals surface area (Å²) in [4.78, 5) is 6.38. The number of oxazole rings is 1. The molecule has 1 saturated carbocycles. The molecule has 3 rings (SSSR count). The van der Waals surface area contributed by atoms with Gasteiger partial charge in [-0.1, -0.05) is 0 Å². The Labute approximate surface area is 88.9 Å². The van der Waals surface area contributed by atoms with Gasteiger partial charge in [-0.25, -0.2) is 4.98 Å². The number of aliphatic hydroxyl groups is 1. The molecule has 1 aromatic heterocycles. The van der Waals surface area contributed by atoms with Crippen LogP contribution in [0.2, 0.25) is 0 Å². The van der Waals surface area contributed by atoms with Crippen LogP contribution in [0.15, 0.2) is 10.8 Å². The molecule has 0 bridgehead atoms. The molecule has 0 unspecified atom stereocenters. The molecule has 2 fully saturated rings. The van der Waals surface area contributed by atoms with E-state index in [0.29, 0.717) is 5.92 Å². The quantitative estimate of drug-likeness (QED) is 0.803. The number of hydrogen-bond acceptors (Lipinski definition) is 4. The zero-order valence-electron chi connectivity index (χ0n) is 8.94. The van der Waals surface area contributed by atoms with Gasteiger partial charge in [-0.3, -0.25) is 4.90 Å². The monoisotopic (exact) mass is 208 g/mol. The highest BCUT2D eigenvalue weighted by atomic mass is 16.3. The second kappa shape index (κ2) is 3.06. The average molecular weight is 208 g/mol. The van der Waals surface area contributed by atoms with Gasteiger partial charge in [0, 0.05) is 19.6 Å². The average Bonchev–Trinajstić information content (AvgIpc) is 2.91. The van der Waals surface area contributed by atoms with Crippen molar-refractivity contribution in [2.45, 2.75) is 31.9 Å². The molecule has 2 aliphatic rings. The van der Waals surface area contributed by atoms with Gasteiger partial charge in [-0.2, -0.15) is 0 Å². The van der Waals surface area contributed by atoms with Crippen LogP contribution >= 0.6 is 0 Å². The predicted molar refractivity (Wildman–Crippen MR) is 54.2 cm³/mol. The maximum Gasteiger partial charge on any atom is 0.181 e. The fourth-order valence-electron chi connectivity index (χ4n) is 2.41. The fourth-order valence-corrected chi connectivity index (χ4v) is 2.41. The van der Waals surface area contributed by atoms with E-state index >= 15 is 0 Å². The van der Waals surface area contributed by atoms with Crippen LogP contribution in [0.3, 0.4) is 0 Å². The van der Waals surface area contributed by atoms with Crippen molar-refractivity contribution in [2.75, 3.05) is 13.1 Å². The van der Waals surface area contributed by atoms with Crippen LogP contribution in [0.5, 0.6) is 0 Å². The van der Waals surface area contributed by atoms with Crippen molar-refractivity contribution in [1.29, 1.82) is 0 Å². The van der Waals surface area contributed by atoms with E-state index in [1.807, 2.05) is 6.92 Å². The van der Waals surface area contributed by atoms with E-state index in [1.54, 1.807) is 0 Å². The Morgan fingerprint density at radius 1 is 1.60 bits per heavy atom. The zero-order valence-corrected chi connectivity index (χ0v) is 8.94. The minimum absolute atomic E-state index is 0.391. The summed E-state index contributed by atoms with van der Waals surface area (Å²) in [6.07, 6.45) is 3.89. The Bertz CT molecular complexity index is 364. The van der Waals surface area contributed by atoms with Gasteiger partial charge in [0.1, 0.15) is 5.76 Å². The molecule has 0 spiro atoms. The highest BCUT2D eigenvalue weighted by Gasteiger charge is 2.51. The minimum Gasteiger partial charge on any atom is -0.448 e. The van der Waals surface area contributed by atoms with Crippen molar-refractivity contribution in [3.8, 4) is 0 Å². The van der Waals surface area contributed by atoms with Crippen molar-refractivity contribution in [3.05, 3.63) is 17.8 Å². The van der Waals surface area contributed by atoms with Crippen LogP contribution in [-0.4, -0.2) is 33.7 Å². The van der Waals surface area contributed by atoms with Crippen LogP contribution < -0.4 is 0 Å². The molecule has 1 aromatic rings. The van der Waals surface area contributed by atoms with E-state index in [0.717, 1.165) is 31.1 Å². The summed E-state index contributed by atoms with van der Waals surface area (Å²) < 4.78 is 5.15. The highest BCUT2D eigenvalue weighted by Crippen LogP contribution is 2.44. The van der Waals surface area contributed by atoms with Crippen molar-refractivity contribution in [1.82, 2.24) is 9.88 Å². The van der Waals surface area contributed by atoms with Crippen molar-refractivity contribution in [2.24, 2.45) is 5.92 Å². The third-order valence-electron chi connectivity index (χ3n) is 3.55. The highest BCUT2D eigenvalue weighted by molar-refractivity contribution is 5.10. The van der Waals surface area contributed by atoms with Crippen LogP contribution in [0.4, 0.5) is 0 Å². The first-order valence-electron chi connectivity index (χ1n) is 5.51. The van der Waals surface area contributed by atoms with E-state index in [9.17, 15) is 5.11 Å². The van der Waals surface area contributed by atoms with Gasteiger partial charge in [0.2, 0.25) is 0 Å². The Kier molecular flexibility index (Phi) is 1.91. The summed E-state index contributed by atoms with van der Waals surface area (Å²) in [5, 5.41) is 10.1. The van der Waals surface area contributed by atoms with Gasteiger partial charge in [0.25, 0.3) is 0 Å². The van der Waals surface area contributed by atoms with E-state index < -0.39 is 5.60 Å². The number of hydrogen-bond donors (Lipinski definition) is 1. The van der Waals surface area contributed by atoms with Gasteiger partial charge in [-0.15, -0.1) is 0 Å². The first-order valence-corrected chi connectivity index (χ1v) is 5.51. The van der Waals surface area contributed by atoms with Gasteiger partial charge in [0.05, 0.1) is 11.3 Å². The molecule has 1 N–H and O–H groups in total. The lowest BCUT2D eigenvalue weighted by molar-refractivity contribution is -0.117. The fraction of sp³-hybridized carbons (Fsp3) is 0.727. The Morgan fingerprint density at radius 3 is 2.87 bits per heavy atom. The molecule has 82 valence electrons. The van der Waals surface area contributed by atoms with Crippen LogP contribution in [0, 0.1) is 12.8 Å². The Balaban J connectivity index is 1.57. The summed E-state index contributed by atoms with van der Waals surface area (Å²) in [6.45, 7) is 4.32. The third kappa shape index (κ3) is 1.58. The molecule has 2 heterocycles. The normalized spacial score (nSPS) is 25.2. The van der Waals surface area contributed by atoms with E-state index in [-0.39, 0.29) is 0 Å².